The van der Waals surface area contributed by atoms with Gasteiger partial charge in [0, 0.05) is 45.9 Å². The molecular weight excluding hydrogens is 679 g/mol. The molecule has 2 aromatic heterocycles. The van der Waals surface area contributed by atoms with Crippen molar-refractivity contribution in [3.63, 3.8) is 0 Å². The Hall–Kier alpha value is -7.49. The van der Waals surface area contributed by atoms with Gasteiger partial charge in [-0.1, -0.05) is 133 Å². The maximum Gasteiger partial charge on any atom is 0.0541 e. The highest BCUT2D eigenvalue weighted by Gasteiger charge is 2.16. The van der Waals surface area contributed by atoms with Crippen LogP contribution in [0, 0.1) is 0 Å². The third-order valence-corrected chi connectivity index (χ3v) is 10.7. The minimum atomic E-state index is 1.09. The second kappa shape index (κ2) is 14.4. The molecule has 8 aromatic carbocycles. The van der Waals surface area contributed by atoms with E-state index in [0.29, 0.717) is 0 Å². The second-order valence-electron chi connectivity index (χ2n) is 14.1. The lowest BCUT2D eigenvalue weighted by molar-refractivity contribution is 1.18. The maximum absolute atomic E-state index is 4.20. The zero-order chi connectivity index (χ0) is 37.3. The summed E-state index contributed by atoms with van der Waals surface area (Å²) in [4.78, 5) is 6.54. The van der Waals surface area contributed by atoms with Crippen molar-refractivity contribution < 1.29 is 0 Å². The Morgan fingerprint density at radius 1 is 0.304 bits per heavy atom. The summed E-state index contributed by atoms with van der Waals surface area (Å²) < 4.78 is 2.37. The lowest BCUT2D eigenvalue weighted by Gasteiger charge is -2.26. The van der Waals surface area contributed by atoms with Crippen LogP contribution in [-0.2, 0) is 0 Å². The first-order chi connectivity index (χ1) is 27.8. The summed E-state index contributed by atoms with van der Waals surface area (Å²) in [7, 11) is 0. The van der Waals surface area contributed by atoms with Gasteiger partial charge < -0.3 is 9.47 Å². The smallest absolute Gasteiger partial charge is 0.0541 e. The number of anilines is 3. The van der Waals surface area contributed by atoms with Crippen molar-refractivity contribution in [3.05, 3.63) is 225 Å². The molecule has 0 aliphatic heterocycles. The Morgan fingerprint density at radius 2 is 0.732 bits per heavy atom. The number of nitrogens with zero attached hydrogens (tertiary/aromatic N) is 3. The number of benzene rings is 8. The number of rotatable bonds is 8. The average Bonchev–Trinajstić information content (AvgIpc) is 3.62. The van der Waals surface area contributed by atoms with Crippen molar-refractivity contribution in [1.82, 2.24) is 9.55 Å². The quantitative estimate of drug-likeness (QED) is 0.156. The third kappa shape index (κ3) is 6.21. The van der Waals surface area contributed by atoms with Crippen molar-refractivity contribution in [3.8, 4) is 50.2 Å². The number of hydrogen-bond donors (Lipinski definition) is 0. The van der Waals surface area contributed by atoms with Gasteiger partial charge in [-0.2, -0.15) is 0 Å². The fraction of sp³-hybridized carbons (Fsp3) is 0. The predicted octanol–water partition coefficient (Wildman–Crippen LogP) is 14.3. The lowest BCUT2D eigenvalue weighted by atomic mass is 9.98. The van der Waals surface area contributed by atoms with E-state index in [2.05, 4.69) is 215 Å². The number of fused-ring (bicyclic) bond motifs is 3. The van der Waals surface area contributed by atoms with Crippen LogP contribution < -0.4 is 4.90 Å². The van der Waals surface area contributed by atoms with E-state index in [-0.39, 0.29) is 0 Å². The van der Waals surface area contributed by atoms with Gasteiger partial charge in [0.2, 0.25) is 0 Å². The molecule has 0 amide bonds. The van der Waals surface area contributed by atoms with E-state index < -0.39 is 0 Å². The summed E-state index contributed by atoms with van der Waals surface area (Å²) in [5.74, 6) is 0. The number of aromatic nitrogens is 2. The SMILES string of the molecule is c1ccc(-c2ccc(N(c3ccc(-c4ccncc4)cc3)c3cccc(-c4cccc(-c5ccc(-n6c7ccccc7c7ccccc76)cc5)c4)c3)cc2)cc1. The molecule has 56 heavy (non-hydrogen) atoms. The van der Waals surface area contributed by atoms with Crippen LogP contribution >= 0.6 is 0 Å². The minimum Gasteiger partial charge on any atom is -0.310 e. The molecule has 0 aliphatic rings. The van der Waals surface area contributed by atoms with Gasteiger partial charge in [0.15, 0.2) is 0 Å². The van der Waals surface area contributed by atoms with Crippen molar-refractivity contribution >= 4 is 38.9 Å². The highest BCUT2D eigenvalue weighted by Crippen LogP contribution is 2.39. The molecule has 0 saturated heterocycles. The number of para-hydroxylation sites is 2. The highest BCUT2D eigenvalue weighted by atomic mass is 15.1. The van der Waals surface area contributed by atoms with Gasteiger partial charge in [-0.3, -0.25) is 4.98 Å². The summed E-state index contributed by atoms with van der Waals surface area (Å²) in [6.07, 6.45) is 3.68. The van der Waals surface area contributed by atoms with E-state index in [1.54, 1.807) is 0 Å². The minimum absolute atomic E-state index is 1.09. The first-order valence-corrected chi connectivity index (χ1v) is 19.0. The highest BCUT2D eigenvalue weighted by molar-refractivity contribution is 6.09. The molecule has 0 fully saturated rings. The molecule has 0 spiro atoms. The summed E-state index contributed by atoms with van der Waals surface area (Å²) in [5, 5.41) is 2.54. The Labute approximate surface area is 327 Å². The van der Waals surface area contributed by atoms with Gasteiger partial charge in [-0.25, -0.2) is 0 Å². The summed E-state index contributed by atoms with van der Waals surface area (Å²) in [6.45, 7) is 0. The predicted molar refractivity (Wildman–Crippen MR) is 235 cm³/mol. The second-order valence-corrected chi connectivity index (χ2v) is 14.1. The third-order valence-electron chi connectivity index (χ3n) is 10.7. The Kier molecular flexibility index (Phi) is 8.51. The summed E-state index contributed by atoms with van der Waals surface area (Å²) >= 11 is 0. The molecule has 10 rings (SSSR count). The van der Waals surface area contributed by atoms with E-state index in [4.69, 9.17) is 0 Å². The van der Waals surface area contributed by atoms with Crippen molar-refractivity contribution in [2.75, 3.05) is 4.90 Å². The van der Waals surface area contributed by atoms with Gasteiger partial charge in [0.1, 0.15) is 0 Å². The normalized spacial score (nSPS) is 11.2. The molecule has 0 atom stereocenters. The first kappa shape index (κ1) is 33.1. The largest absolute Gasteiger partial charge is 0.310 e. The zero-order valence-electron chi connectivity index (χ0n) is 30.7. The zero-order valence-corrected chi connectivity index (χ0v) is 30.7. The Morgan fingerprint density at radius 3 is 1.34 bits per heavy atom. The van der Waals surface area contributed by atoms with Crippen LogP contribution in [-0.4, -0.2) is 9.55 Å². The van der Waals surface area contributed by atoms with E-state index >= 15 is 0 Å². The number of hydrogen-bond acceptors (Lipinski definition) is 2. The lowest BCUT2D eigenvalue weighted by Crippen LogP contribution is -2.10. The van der Waals surface area contributed by atoms with Crippen molar-refractivity contribution in [2.45, 2.75) is 0 Å². The Balaban J connectivity index is 0.996. The average molecular weight is 716 g/mol. The molecule has 0 N–H and O–H groups in total. The first-order valence-electron chi connectivity index (χ1n) is 19.0. The van der Waals surface area contributed by atoms with Crippen LogP contribution in [0.2, 0.25) is 0 Å². The van der Waals surface area contributed by atoms with Crippen LogP contribution in [0.5, 0.6) is 0 Å². The van der Waals surface area contributed by atoms with E-state index in [0.717, 1.165) is 39.4 Å². The van der Waals surface area contributed by atoms with Gasteiger partial charge in [0.25, 0.3) is 0 Å². The van der Waals surface area contributed by atoms with Crippen LogP contribution in [0.1, 0.15) is 0 Å². The van der Waals surface area contributed by atoms with Crippen LogP contribution in [0.4, 0.5) is 17.1 Å². The molecule has 0 radical (unpaired) electrons. The van der Waals surface area contributed by atoms with Gasteiger partial charge >= 0.3 is 0 Å². The molecule has 0 aliphatic carbocycles. The van der Waals surface area contributed by atoms with E-state index in [1.807, 2.05) is 24.5 Å². The molecule has 3 nitrogen and oxygen atoms in total. The topological polar surface area (TPSA) is 21.1 Å². The number of pyridine rings is 1. The van der Waals surface area contributed by atoms with Gasteiger partial charge in [-0.15, -0.1) is 0 Å². The molecule has 2 heterocycles. The van der Waals surface area contributed by atoms with Crippen LogP contribution in [0.25, 0.3) is 72.0 Å². The molecule has 0 unspecified atom stereocenters. The summed E-state index contributed by atoms with van der Waals surface area (Å²) in [5.41, 5.74) is 16.2. The molecule has 0 bridgehead atoms. The monoisotopic (exact) mass is 715 g/mol. The van der Waals surface area contributed by atoms with E-state index in [9.17, 15) is 0 Å². The van der Waals surface area contributed by atoms with Gasteiger partial charge in [0.05, 0.1) is 11.0 Å². The molecular formula is C53H37N3. The maximum atomic E-state index is 4.20. The van der Waals surface area contributed by atoms with Gasteiger partial charge in [-0.05, 0) is 123 Å². The molecule has 0 saturated carbocycles. The molecule has 10 aromatic rings. The molecule has 264 valence electrons. The standard InChI is InChI=1S/C53H37N3/c1-2-10-38(11-3-1)39-20-26-46(27-21-39)55(47-28-22-40(23-29-47)42-32-34-54-35-33-42)49-15-9-14-45(37-49)44-13-8-12-43(36-44)41-24-30-48(31-25-41)56-52-18-6-4-16-50(52)51-17-5-7-19-53(51)56/h1-37H. The fourth-order valence-corrected chi connectivity index (χ4v) is 7.93. The van der Waals surface area contributed by atoms with Crippen LogP contribution in [0.15, 0.2) is 225 Å². The van der Waals surface area contributed by atoms with Crippen LogP contribution in [0.3, 0.4) is 0 Å². The molecule has 3 heteroatoms. The Bertz CT molecular complexity index is 2790. The summed E-state index contributed by atoms with van der Waals surface area (Å²) in [6, 6.07) is 76.3. The van der Waals surface area contributed by atoms with Crippen molar-refractivity contribution in [1.29, 1.82) is 0 Å². The fourth-order valence-electron chi connectivity index (χ4n) is 7.93. The van der Waals surface area contributed by atoms with E-state index in [1.165, 1.54) is 49.6 Å². The van der Waals surface area contributed by atoms with Crippen molar-refractivity contribution in [2.24, 2.45) is 0 Å².